The van der Waals surface area contributed by atoms with E-state index in [1.165, 1.54) is 6.08 Å². The van der Waals surface area contributed by atoms with Crippen LogP contribution in [0.4, 0.5) is 0 Å². The smallest absolute Gasteiger partial charge is 0.235 e. The van der Waals surface area contributed by atoms with E-state index in [0.29, 0.717) is 13.2 Å². The fourth-order valence-corrected chi connectivity index (χ4v) is 0.183. The molecule has 0 aliphatic carbocycles. The molecule has 11 heavy (non-hydrogen) atoms. The summed E-state index contributed by atoms with van der Waals surface area (Å²) in [6, 6.07) is 0. The Morgan fingerprint density at radius 2 is 2.00 bits per heavy atom. The minimum absolute atomic E-state index is 0.417. The van der Waals surface area contributed by atoms with Crippen molar-refractivity contribution in [2.45, 2.75) is 13.8 Å². The van der Waals surface area contributed by atoms with Gasteiger partial charge in [-0.1, -0.05) is 12.2 Å². The SMILES string of the molecule is CC=CC.COCCN=C=O. The first-order valence-electron chi connectivity index (χ1n) is 3.43. The summed E-state index contributed by atoms with van der Waals surface area (Å²) >= 11 is 0. The Hall–Kier alpha value is -0.920. The molecule has 0 fully saturated rings. The highest BCUT2D eigenvalue weighted by Crippen LogP contribution is 1.65. The second-order valence-electron chi connectivity index (χ2n) is 1.63. The van der Waals surface area contributed by atoms with Crippen LogP contribution in [0.15, 0.2) is 17.1 Å². The summed E-state index contributed by atoms with van der Waals surface area (Å²) in [5.74, 6) is 0. The minimum Gasteiger partial charge on any atom is -0.383 e. The summed E-state index contributed by atoms with van der Waals surface area (Å²) < 4.78 is 4.57. The van der Waals surface area contributed by atoms with Crippen molar-refractivity contribution in [2.75, 3.05) is 20.3 Å². The molecule has 3 nitrogen and oxygen atoms in total. The van der Waals surface area contributed by atoms with Crippen molar-refractivity contribution >= 4 is 6.08 Å². The fraction of sp³-hybridized carbons (Fsp3) is 0.625. The number of aliphatic imine (C=N–C) groups is 1. The number of carbonyl (C=O) groups excluding carboxylic acids is 1. The maximum Gasteiger partial charge on any atom is 0.235 e. The lowest BCUT2D eigenvalue weighted by Crippen LogP contribution is -1.90. The van der Waals surface area contributed by atoms with Gasteiger partial charge >= 0.3 is 0 Å². The third-order valence-electron chi connectivity index (χ3n) is 0.805. The zero-order valence-corrected chi connectivity index (χ0v) is 7.33. The van der Waals surface area contributed by atoms with Gasteiger partial charge in [0.2, 0.25) is 6.08 Å². The molecule has 0 aromatic heterocycles. The summed E-state index contributed by atoms with van der Waals surface area (Å²) in [5, 5.41) is 0. The zero-order valence-electron chi connectivity index (χ0n) is 7.33. The lowest BCUT2D eigenvalue weighted by molar-refractivity contribution is 0.208. The van der Waals surface area contributed by atoms with Crippen molar-refractivity contribution in [3.63, 3.8) is 0 Å². The number of allylic oxidation sites excluding steroid dienone is 2. The standard InChI is InChI=1S/C4H7NO2.C4H8/c1-7-3-2-5-4-6;1-3-4-2/h2-3H2,1H3;3-4H,1-2H3. The lowest BCUT2D eigenvalue weighted by Gasteiger charge is -1.85. The minimum atomic E-state index is 0.417. The van der Waals surface area contributed by atoms with Gasteiger partial charge in [-0.15, -0.1) is 0 Å². The summed E-state index contributed by atoms with van der Waals surface area (Å²) in [7, 11) is 1.56. The van der Waals surface area contributed by atoms with Crippen molar-refractivity contribution in [1.29, 1.82) is 0 Å². The van der Waals surface area contributed by atoms with Crippen molar-refractivity contribution in [3.05, 3.63) is 12.2 Å². The third kappa shape index (κ3) is 27.3. The normalized spacial score (nSPS) is 8.27. The predicted molar refractivity (Wildman–Crippen MR) is 45.4 cm³/mol. The molecule has 0 saturated heterocycles. The largest absolute Gasteiger partial charge is 0.383 e. The predicted octanol–water partition coefficient (Wildman–Crippen LogP) is 1.55. The molecule has 0 unspecified atom stereocenters. The van der Waals surface area contributed by atoms with Crippen LogP contribution in [0.25, 0.3) is 0 Å². The van der Waals surface area contributed by atoms with Gasteiger partial charge in [-0.05, 0) is 13.8 Å². The third-order valence-corrected chi connectivity index (χ3v) is 0.805. The number of nitrogens with zero attached hydrogens (tertiary/aromatic N) is 1. The summed E-state index contributed by atoms with van der Waals surface area (Å²) in [6.45, 7) is 4.91. The van der Waals surface area contributed by atoms with Gasteiger partial charge in [-0.2, -0.15) is 0 Å². The van der Waals surface area contributed by atoms with Gasteiger partial charge in [0.05, 0.1) is 13.2 Å². The molecule has 3 heteroatoms. The number of isocyanates is 1. The number of ether oxygens (including phenoxy) is 1. The highest BCUT2D eigenvalue weighted by molar-refractivity contribution is 5.32. The van der Waals surface area contributed by atoms with Crippen LogP contribution < -0.4 is 0 Å². The zero-order chi connectivity index (χ0) is 8.95. The Balaban J connectivity index is 0. The molecule has 0 aliphatic heterocycles. The molecular weight excluding hydrogens is 142 g/mol. The van der Waals surface area contributed by atoms with Crippen LogP contribution in [-0.4, -0.2) is 26.3 Å². The van der Waals surface area contributed by atoms with E-state index in [2.05, 4.69) is 9.73 Å². The summed E-state index contributed by atoms with van der Waals surface area (Å²) in [4.78, 5) is 12.6. The van der Waals surface area contributed by atoms with Gasteiger partial charge in [0.25, 0.3) is 0 Å². The van der Waals surface area contributed by atoms with Crippen LogP contribution in [0.3, 0.4) is 0 Å². The molecule has 0 aromatic rings. The Bertz CT molecular complexity index is 122. The van der Waals surface area contributed by atoms with E-state index in [4.69, 9.17) is 0 Å². The van der Waals surface area contributed by atoms with E-state index in [0.717, 1.165) is 0 Å². The van der Waals surface area contributed by atoms with Crippen molar-refractivity contribution in [2.24, 2.45) is 4.99 Å². The van der Waals surface area contributed by atoms with E-state index < -0.39 is 0 Å². The van der Waals surface area contributed by atoms with Gasteiger partial charge in [-0.3, -0.25) is 0 Å². The van der Waals surface area contributed by atoms with E-state index in [1.54, 1.807) is 7.11 Å². The van der Waals surface area contributed by atoms with Crippen LogP contribution >= 0.6 is 0 Å². The Morgan fingerprint density at radius 1 is 1.45 bits per heavy atom. The highest BCUT2D eigenvalue weighted by Gasteiger charge is 1.73. The molecule has 64 valence electrons. The first-order chi connectivity index (χ1) is 5.33. The molecule has 0 rings (SSSR count). The number of methoxy groups -OCH3 is 1. The van der Waals surface area contributed by atoms with Crippen LogP contribution in [-0.2, 0) is 9.53 Å². The second-order valence-corrected chi connectivity index (χ2v) is 1.63. The molecule has 0 heterocycles. The first kappa shape index (κ1) is 12.7. The van der Waals surface area contributed by atoms with E-state index >= 15 is 0 Å². The van der Waals surface area contributed by atoms with Gasteiger partial charge in [-0.25, -0.2) is 9.79 Å². The maximum atomic E-state index is 9.33. The average molecular weight is 157 g/mol. The highest BCUT2D eigenvalue weighted by atomic mass is 16.5. The number of rotatable bonds is 3. The number of hydrogen-bond donors (Lipinski definition) is 0. The van der Waals surface area contributed by atoms with Crippen molar-refractivity contribution < 1.29 is 9.53 Å². The Kier molecular flexibility index (Phi) is 18.6. The molecule has 0 bridgehead atoms. The van der Waals surface area contributed by atoms with Crippen LogP contribution in [0.2, 0.25) is 0 Å². The van der Waals surface area contributed by atoms with E-state index in [-0.39, 0.29) is 0 Å². The van der Waals surface area contributed by atoms with Gasteiger partial charge in [0.1, 0.15) is 0 Å². The first-order valence-corrected chi connectivity index (χ1v) is 3.43. The molecule has 0 aliphatic rings. The lowest BCUT2D eigenvalue weighted by atomic mass is 10.6. The van der Waals surface area contributed by atoms with Gasteiger partial charge < -0.3 is 4.74 Å². The van der Waals surface area contributed by atoms with Crippen LogP contribution in [0.5, 0.6) is 0 Å². The average Bonchev–Trinajstić information content (AvgIpc) is 2.06. The van der Waals surface area contributed by atoms with Crippen LogP contribution in [0.1, 0.15) is 13.8 Å². The Labute approximate surface area is 67.8 Å². The Morgan fingerprint density at radius 3 is 2.27 bits per heavy atom. The van der Waals surface area contributed by atoms with Crippen LogP contribution in [0, 0.1) is 0 Å². The molecule has 0 N–H and O–H groups in total. The molecular formula is C8H15NO2. The second kappa shape index (κ2) is 16.0. The molecule has 0 saturated carbocycles. The molecule has 0 amide bonds. The summed E-state index contributed by atoms with van der Waals surface area (Å²) in [5.41, 5.74) is 0. The monoisotopic (exact) mass is 157 g/mol. The molecule has 0 radical (unpaired) electrons. The quantitative estimate of drug-likeness (QED) is 0.270. The van der Waals surface area contributed by atoms with Gasteiger partial charge in [0, 0.05) is 7.11 Å². The maximum absolute atomic E-state index is 9.33. The van der Waals surface area contributed by atoms with Crippen molar-refractivity contribution in [1.82, 2.24) is 0 Å². The molecule has 0 spiro atoms. The van der Waals surface area contributed by atoms with Gasteiger partial charge in [0.15, 0.2) is 0 Å². The molecule has 0 aromatic carbocycles. The van der Waals surface area contributed by atoms with E-state index in [9.17, 15) is 4.79 Å². The topological polar surface area (TPSA) is 38.7 Å². The van der Waals surface area contributed by atoms with E-state index in [1.807, 2.05) is 26.0 Å². The molecule has 0 atom stereocenters. The summed E-state index contributed by atoms with van der Waals surface area (Å²) in [6.07, 6.45) is 5.40. The number of hydrogen-bond acceptors (Lipinski definition) is 3. The van der Waals surface area contributed by atoms with Crippen molar-refractivity contribution in [3.8, 4) is 0 Å². The fourth-order valence-electron chi connectivity index (χ4n) is 0.183.